The average molecular weight is 492 g/mol. The number of aromatic nitrogens is 1. The van der Waals surface area contributed by atoms with E-state index in [1.165, 1.54) is 17.6 Å². The minimum absolute atomic E-state index is 0.0265. The summed E-state index contributed by atoms with van der Waals surface area (Å²) >= 11 is 1.27. The van der Waals surface area contributed by atoms with Gasteiger partial charge in [0.1, 0.15) is 6.54 Å². The monoisotopic (exact) mass is 491 g/mol. The molecule has 0 aliphatic heterocycles. The van der Waals surface area contributed by atoms with Gasteiger partial charge >= 0.3 is 0 Å². The minimum Gasteiger partial charge on any atom is -0.399 e. The van der Waals surface area contributed by atoms with Crippen molar-refractivity contribution in [1.29, 1.82) is 0 Å². The minimum atomic E-state index is -0.397. The van der Waals surface area contributed by atoms with Crippen molar-refractivity contribution in [1.82, 2.24) is 15.6 Å². The smallest absolute Gasteiger partial charge is 0.251 e. The first-order valence-electron chi connectivity index (χ1n) is 10.5. The van der Waals surface area contributed by atoms with Crippen molar-refractivity contribution in [3.63, 3.8) is 0 Å². The summed E-state index contributed by atoms with van der Waals surface area (Å²) in [6.07, 6.45) is 3.10. The highest BCUT2D eigenvalue weighted by Gasteiger charge is 2.11. The lowest BCUT2D eigenvalue weighted by Gasteiger charge is -2.05. The molecule has 0 atom stereocenters. The van der Waals surface area contributed by atoms with E-state index >= 15 is 0 Å². The average Bonchev–Trinajstić information content (AvgIpc) is 3.33. The van der Waals surface area contributed by atoms with Gasteiger partial charge in [-0.3, -0.25) is 19.4 Å². The van der Waals surface area contributed by atoms with Crippen LogP contribution in [0, 0.1) is 0 Å². The Balaban J connectivity index is 1.58. The van der Waals surface area contributed by atoms with Crippen molar-refractivity contribution in [2.45, 2.75) is 0 Å². The first-order valence-corrected chi connectivity index (χ1v) is 11.4. The van der Waals surface area contributed by atoms with E-state index in [0.717, 1.165) is 11.1 Å². The molecule has 0 fully saturated rings. The third-order valence-corrected chi connectivity index (χ3v) is 5.46. The Hall–Kier alpha value is -4.51. The molecule has 3 rings (SSSR count). The van der Waals surface area contributed by atoms with E-state index in [1.54, 1.807) is 37.4 Å². The molecule has 0 aliphatic rings. The molecule has 10 nitrogen and oxygen atoms in total. The molecular weight excluding hydrogens is 466 g/mol. The van der Waals surface area contributed by atoms with Gasteiger partial charge in [0.2, 0.25) is 11.8 Å². The van der Waals surface area contributed by atoms with Gasteiger partial charge in [0.25, 0.3) is 5.91 Å². The summed E-state index contributed by atoms with van der Waals surface area (Å²) in [4.78, 5) is 44.0. The number of likely N-dealkylation sites (N-methyl/N-ethyl adjacent to an activating group) is 1. The number of carbonyl (C=O) groups excluding carboxylic acids is 3. The molecule has 35 heavy (non-hydrogen) atoms. The maximum absolute atomic E-state index is 12.2. The number of anilines is 2. The summed E-state index contributed by atoms with van der Waals surface area (Å²) in [6.45, 7) is -0.172. The number of carbonyl (C=O) groups is 3. The van der Waals surface area contributed by atoms with E-state index in [-0.39, 0.29) is 24.9 Å². The summed E-state index contributed by atoms with van der Waals surface area (Å²) < 4.78 is 0. The van der Waals surface area contributed by atoms with Crippen LogP contribution in [0.15, 0.2) is 65.0 Å². The number of nitrogens with one attached hydrogen (secondary N) is 3. The molecule has 1 heterocycles. The van der Waals surface area contributed by atoms with Crippen LogP contribution in [0.2, 0.25) is 0 Å². The molecule has 11 heteroatoms. The first-order chi connectivity index (χ1) is 16.9. The summed E-state index contributed by atoms with van der Waals surface area (Å²) in [5.74, 6) is -0.960. The maximum atomic E-state index is 12.2. The van der Waals surface area contributed by atoms with Crippen LogP contribution in [0.1, 0.15) is 15.9 Å². The molecular formula is C24H25N7O3S. The van der Waals surface area contributed by atoms with E-state index in [9.17, 15) is 14.4 Å². The highest BCUT2D eigenvalue weighted by atomic mass is 32.1. The van der Waals surface area contributed by atoms with Gasteiger partial charge in [-0.1, -0.05) is 18.2 Å². The maximum Gasteiger partial charge on any atom is 0.251 e. The molecule has 0 radical (unpaired) electrons. The van der Waals surface area contributed by atoms with E-state index < -0.39 is 5.91 Å². The van der Waals surface area contributed by atoms with E-state index in [0.29, 0.717) is 27.8 Å². The number of nitrogens with two attached hydrogens (primary N) is 2. The number of hydrogen-bond acceptors (Lipinski definition) is 8. The summed E-state index contributed by atoms with van der Waals surface area (Å²) in [7, 11) is 1.55. The SMILES string of the molecule is CNC(=O)CN=CC=C(N)c1cccc(-c2csc(NC(=O)CNC(=O)c3ccc(N)cc3)n2)c1. The van der Waals surface area contributed by atoms with Crippen molar-refractivity contribution in [3.05, 3.63) is 71.1 Å². The van der Waals surface area contributed by atoms with Gasteiger partial charge < -0.3 is 27.4 Å². The van der Waals surface area contributed by atoms with Crippen LogP contribution < -0.4 is 27.4 Å². The Kier molecular flexibility index (Phi) is 8.68. The summed E-state index contributed by atoms with van der Waals surface area (Å²) in [5, 5.41) is 9.94. The lowest BCUT2D eigenvalue weighted by molar-refractivity contribution is -0.119. The van der Waals surface area contributed by atoms with Gasteiger partial charge in [-0.25, -0.2) is 4.98 Å². The Labute approximate surface area is 206 Å². The number of benzene rings is 2. The van der Waals surface area contributed by atoms with Gasteiger partial charge in [-0.2, -0.15) is 0 Å². The van der Waals surface area contributed by atoms with Gasteiger partial charge in [0.15, 0.2) is 5.13 Å². The number of thiazole rings is 1. The zero-order valence-electron chi connectivity index (χ0n) is 18.9. The quantitative estimate of drug-likeness (QED) is 0.226. The zero-order valence-corrected chi connectivity index (χ0v) is 19.8. The number of hydrogen-bond donors (Lipinski definition) is 5. The van der Waals surface area contributed by atoms with Crippen molar-refractivity contribution < 1.29 is 14.4 Å². The number of amides is 3. The van der Waals surface area contributed by atoms with Crippen LogP contribution in [0.3, 0.4) is 0 Å². The highest BCUT2D eigenvalue weighted by molar-refractivity contribution is 7.14. The molecule has 0 unspecified atom stereocenters. The van der Waals surface area contributed by atoms with E-state index in [1.807, 2.05) is 29.6 Å². The molecule has 0 bridgehead atoms. The molecule has 3 aromatic rings. The van der Waals surface area contributed by atoms with Crippen LogP contribution in [-0.2, 0) is 9.59 Å². The number of aliphatic imine (C=N–C) groups is 1. The lowest BCUT2D eigenvalue weighted by Crippen LogP contribution is -2.32. The largest absolute Gasteiger partial charge is 0.399 e. The van der Waals surface area contributed by atoms with Gasteiger partial charge in [-0.05, 0) is 42.0 Å². The molecule has 180 valence electrons. The Morgan fingerprint density at radius 3 is 2.60 bits per heavy atom. The Bertz CT molecular complexity index is 1270. The van der Waals surface area contributed by atoms with Crippen LogP contribution in [-0.4, -0.2) is 49.1 Å². The van der Waals surface area contributed by atoms with Gasteiger partial charge in [-0.15, -0.1) is 11.3 Å². The topological polar surface area (TPSA) is 165 Å². The second-order valence-corrected chi connectivity index (χ2v) is 8.11. The van der Waals surface area contributed by atoms with Gasteiger partial charge in [0.05, 0.1) is 12.2 Å². The number of rotatable bonds is 9. The van der Waals surface area contributed by atoms with E-state index in [2.05, 4.69) is 25.9 Å². The molecule has 0 saturated heterocycles. The fraction of sp³-hybridized carbons (Fsp3) is 0.125. The van der Waals surface area contributed by atoms with Crippen molar-refractivity contribution >= 4 is 51.8 Å². The fourth-order valence-corrected chi connectivity index (χ4v) is 3.56. The van der Waals surface area contributed by atoms with Gasteiger partial charge in [0, 0.05) is 41.2 Å². The molecule has 7 N–H and O–H groups in total. The summed E-state index contributed by atoms with van der Waals surface area (Å²) in [5.41, 5.74) is 15.4. The molecule has 0 aliphatic carbocycles. The third kappa shape index (κ3) is 7.51. The highest BCUT2D eigenvalue weighted by Crippen LogP contribution is 2.26. The van der Waals surface area contributed by atoms with Crippen LogP contribution in [0.5, 0.6) is 0 Å². The number of nitrogens with zero attached hydrogens (tertiary/aromatic N) is 2. The van der Waals surface area contributed by atoms with Crippen LogP contribution >= 0.6 is 11.3 Å². The Morgan fingerprint density at radius 1 is 1.09 bits per heavy atom. The standard InChI is InChI=1S/C24H25N7O3S/c1-27-21(32)12-28-10-9-19(26)16-3-2-4-17(11-16)20-14-35-24(30-20)31-22(33)13-29-23(34)15-5-7-18(25)8-6-15/h2-11,14H,12-13,25-26H2,1H3,(H,27,32)(H,29,34)(H,30,31,33). The molecule has 2 aromatic carbocycles. The normalized spacial score (nSPS) is 11.3. The zero-order chi connectivity index (χ0) is 25.2. The van der Waals surface area contributed by atoms with E-state index in [4.69, 9.17) is 11.5 Å². The molecule has 1 aromatic heterocycles. The predicted molar refractivity (Wildman–Crippen MR) is 139 cm³/mol. The fourth-order valence-electron chi connectivity index (χ4n) is 2.83. The predicted octanol–water partition coefficient (Wildman–Crippen LogP) is 1.88. The van der Waals surface area contributed by atoms with Crippen LogP contribution in [0.4, 0.5) is 10.8 Å². The summed E-state index contributed by atoms with van der Waals surface area (Å²) in [6, 6.07) is 13.8. The number of allylic oxidation sites excluding steroid dienone is 1. The third-order valence-electron chi connectivity index (χ3n) is 4.70. The van der Waals surface area contributed by atoms with Crippen molar-refractivity contribution in [3.8, 4) is 11.3 Å². The first kappa shape index (κ1) is 25.1. The second kappa shape index (κ2) is 12.1. The molecule has 3 amide bonds. The molecule has 0 saturated carbocycles. The Morgan fingerprint density at radius 2 is 1.86 bits per heavy atom. The van der Waals surface area contributed by atoms with Crippen molar-refractivity contribution in [2.75, 3.05) is 31.2 Å². The molecule has 0 spiro atoms. The van der Waals surface area contributed by atoms with Crippen LogP contribution in [0.25, 0.3) is 17.0 Å². The number of nitrogen functional groups attached to an aromatic ring is 1. The second-order valence-electron chi connectivity index (χ2n) is 7.26. The lowest BCUT2D eigenvalue weighted by atomic mass is 10.1. The van der Waals surface area contributed by atoms with Crippen molar-refractivity contribution in [2.24, 2.45) is 10.7 Å².